The third kappa shape index (κ3) is 4.97. The molecule has 3 rings (SSSR count). The number of nitrogens with zero attached hydrogens (tertiary/aromatic N) is 3. The first kappa shape index (κ1) is 20.9. The summed E-state index contributed by atoms with van der Waals surface area (Å²) < 4.78 is 1.62. The summed E-state index contributed by atoms with van der Waals surface area (Å²) in [4.78, 5) is 6.84. The second-order valence-corrected chi connectivity index (χ2v) is 7.10. The van der Waals surface area contributed by atoms with Crippen molar-refractivity contribution in [2.45, 2.75) is 13.3 Å². The van der Waals surface area contributed by atoms with Crippen molar-refractivity contribution in [1.29, 1.82) is 0 Å². The Morgan fingerprint density at radius 2 is 2.00 bits per heavy atom. The lowest BCUT2D eigenvalue weighted by Crippen LogP contribution is -2.20. The van der Waals surface area contributed by atoms with Gasteiger partial charge in [0.2, 0.25) is 7.98 Å². The van der Waals surface area contributed by atoms with Crippen LogP contribution >= 0.6 is 0 Å². The van der Waals surface area contributed by atoms with Crippen LogP contribution in [-0.2, 0) is 0 Å². The number of nitrogens with two attached hydrogens (primary N) is 1. The van der Waals surface area contributed by atoms with Gasteiger partial charge in [-0.3, -0.25) is 0 Å². The summed E-state index contributed by atoms with van der Waals surface area (Å²) in [6.45, 7) is 3.35. The van der Waals surface area contributed by atoms with Gasteiger partial charge in [0.1, 0.15) is 0 Å². The Balaban J connectivity index is 1.82. The molecule has 0 spiro atoms. The van der Waals surface area contributed by atoms with E-state index in [2.05, 4.69) is 31.2 Å². The molecule has 0 amide bonds. The van der Waals surface area contributed by atoms with Crippen molar-refractivity contribution in [3.8, 4) is 0 Å². The molecule has 0 saturated heterocycles. The van der Waals surface area contributed by atoms with E-state index in [-0.39, 0.29) is 6.61 Å². The first-order valence-electron chi connectivity index (χ1n) is 9.77. The number of hydrogen-bond donors (Lipinski definition) is 2. The SMILES string of the molecule is [B]n1cccc1/C(CCN)=C1N=C(/C=C/c2ccc(N(C)CCO)cc2)C=C\1C. The molecule has 0 fully saturated rings. The predicted molar refractivity (Wildman–Crippen MR) is 123 cm³/mol. The van der Waals surface area contributed by atoms with Gasteiger partial charge in [0.25, 0.3) is 0 Å². The number of aliphatic imine (C=N–C) groups is 1. The minimum absolute atomic E-state index is 0.139. The lowest BCUT2D eigenvalue weighted by molar-refractivity contribution is 0.304. The zero-order chi connectivity index (χ0) is 20.8. The molecule has 2 aromatic rings. The molecule has 0 bridgehead atoms. The van der Waals surface area contributed by atoms with Crippen LogP contribution in [0.2, 0.25) is 0 Å². The van der Waals surface area contributed by atoms with E-state index < -0.39 is 0 Å². The summed E-state index contributed by atoms with van der Waals surface area (Å²) in [5.74, 6) is 0. The van der Waals surface area contributed by atoms with E-state index in [1.54, 1.807) is 4.48 Å². The molecule has 29 heavy (non-hydrogen) atoms. The molecule has 1 aliphatic rings. The predicted octanol–water partition coefficient (Wildman–Crippen LogP) is 3.02. The molecule has 0 unspecified atom stereocenters. The number of allylic oxidation sites excluding steroid dienone is 3. The van der Waals surface area contributed by atoms with Crippen LogP contribution in [0, 0.1) is 0 Å². The van der Waals surface area contributed by atoms with Crippen LogP contribution in [0.3, 0.4) is 0 Å². The maximum atomic E-state index is 9.06. The van der Waals surface area contributed by atoms with Crippen LogP contribution in [-0.4, -0.2) is 50.0 Å². The van der Waals surface area contributed by atoms with Crippen LogP contribution < -0.4 is 10.6 Å². The Morgan fingerprint density at radius 3 is 2.62 bits per heavy atom. The van der Waals surface area contributed by atoms with Gasteiger partial charge in [0, 0.05) is 30.5 Å². The van der Waals surface area contributed by atoms with Crippen molar-refractivity contribution in [1.82, 2.24) is 4.48 Å². The molecule has 0 saturated carbocycles. The van der Waals surface area contributed by atoms with Crippen LogP contribution in [0.5, 0.6) is 0 Å². The number of rotatable bonds is 8. The quantitative estimate of drug-likeness (QED) is 0.686. The number of anilines is 1. The van der Waals surface area contributed by atoms with Crippen molar-refractivity contribution in [3.63, 3.8) is 0 Å². The second-order valence-electron chi connectivity index (χ2n) is 7.10. The lowest BCUT2D eigenvalue weighted by atomic mass is 10.0. The highest BCUT2D eigenvalue weighted by Gasteiger charge is 2.16. The lowest BCUT2D eigenvalue weighted by Gasteiger charge is -2.17. The van der Waals surface area contributed by atoms with Crippen LogP contribution in [0.1, 0.15) is 24.6 Å². The standard InChI is InChI=1S/C23H27BN4O/c1-17-16-19(8-5-18-6-9-20(10-7-18)27(2)14-15-29)26-23(17)21(11-12-25)22-4-3-13-28(22)24/h3-10,13,16,29H,11-12,14-15,25H2,1-2H3/b8-5+,23-21-. The normalized spacial score (nSPS) is 15.6. The average Bonchev–Trinajstić information content (AvgIpc) is 3.30. The van der Waals surface area contributed by atoms with Gasteiger partial charge < -0.3 is 20.2 Å². The summed E-state index contributed by atoms with van der Waals surface area (Å²) in [6, 6.07) is 12.1. The average molecular weight is 386 g/mol. The number of aromatic nitrogens is 1. The smallest absolute Gasteiger partial charge is 0.234 e. The summed E-state index contributed by atoms with van der Waals surface area (Å²) in [5.41, 5.74) is 13.0. The monoisotopic (exact) mass is 386 g/mol. The van der Waals surface area contributed by atoms with Crippen molar-refractivity contribution >= 4 is 31.0 Å². The molecule has 2 radical (unpaired) electrons. The van der Waals surface area contributed by atoms with E-state index in [4.69, 9.17) is 23.8 Å². The summed E-state index contributed by atoms with van der Waals surface area (Å²) in [6.07, 6.45) is 8.69. The fraction of sp³-hybridized carbons (Fsp3) is 0.261. The highest BCUT2D eigenvalue weighted by atomic mass is 16.3. The molecule has 0 aliphatic carbocycles. The van der Waals surface area contributed by atoms with Crippen molar-refractivity contribution in [3.05, 3.63) is 77.3 Å². The molecule has 6 heteroatoms. The van der Waals surface area contributed by atoms with E-state index in [9.17, 15) is 0 Å². The first-order chi connectivity index (χ1) is 14.0. The fourth-order valence-electron chi connectivity index (χ4n) is 3.39. The third-order valence-electron chi connectivity index (χ3n) is 4.96. The van der Waals surface area contributed by atoms with Gasteiger partial charge in [-0.25, -0.2) is 4.99 Å². The van der Waals surface area contributed by atoms with Gasteiger partial charge in [0.15, 0.2) is 0 Å². The fourth-order valence-corrected chi connectivity index (χ4v) is 3.39. The topological polar surface area (TPSA) is 66.8 Å². The van der Waals surface area contributed by atoms with Crippen LogP contribution in [0.15, 0.2) is 71.0 Å². The molecule has 1 aromatic carbocycles. The summed E-state index contributed by atoms with van der Waals surface area (Å²) >= 11 is 0. The highest BCUT2D eigenvalue weighted by Crippen LogP contribution is 2.31. The van der Waals surface area contributed by atoms with Gasteiger partial charge in [0.05, 0.1) is 18.0 Å². The van der Waals surface area contributed by atoms with Gasteiger partial charge in [-0.1, -0.05) is 18.2 Å². The van der Waals surface area contributed by atoms with E-state index in [1.807, 2.05) is 48.5 Å². The molecular formula is C23H27BN4O. The largest absolute Gasteiger partial charge is 0.403 e. The summed E-state index contributed by atoms with van der Waals surface area (Å²) in [5, 5.41) is 9.06. The zero-order valence-corrected chi connectivity index (χ0v) is 17.0. The zero-order valence-electron chi connectivity index (χ0n) is 17.0. The molecule has 148 valence electrons. The third-order valence-corrected chi connectivity index (χ3v) is 4.96. The van der Waals surface area contributed by atoms with Crippen LogP contribution in [0.25, 0.3) is 11.6 Å². The highest BCUT2D eigenvalue weighted by molar-refractivity contribution is 6.11. The van der Waals surface area contributed by atoms with E-state index >= 15 is 0 Å². The number of hydrogen-bond acceptors (Lipinski definition) is 4. The van der Waals surface area contributed by atoms with Gasteiger partial charge in [-0.15, -0.1) is 0 Å². The van der Waals surface area contributed by atoms with Gasteiger partial charge in [-0.05, 0) is 73.6 Å². The van der Waals surface area contributed by atoms with Gasteiger partial charge >= 0.3 is 0 Å². The Bertz CT molecular complexity index is 967. The second kappa shape index (κ2) is 9.59. The Kier molecular flexibility index (Phi) is 6.91. The molecule has 1 aromatic heterocycles. The van der Waals surface area contributed by atoms with E-state index in [0.717, 1.165) is 39.5 Å². The summed E-state index contributed by atoms with van der Waals surface area (Å²) in [7, 11) is 8.01. The molecule has 1 aliphatic heterocycles. The van der Waals surface area contributed by atoms with E-state index in [0.29, 0.717) is 19.5 Å². The Morgan fingerprint density at radius 1 is 1.24 bits per heavy atom. The minimum atomic E-state index is 0.139. The number of aliphatic hydroxyl groups excluding tert-OH is 1. The maximum Gasteiger partial charge on any atom is 0.234 e. The molecular weight excluding hydrogens is 359 g/mol. The molecule has 3 N–H and O–H groups in total. The number of likely N-dealkylation sites (N-methyl/N-ethyl adjacent to an activating group) is 1. The van der Waals surface area contributed by atoms with Crippen molar-refractivity contribution < 1.29 is 5.11 Å². The molecule has 5 nitrogen and oxygen atoms in total. The molecule has 2 heterocycles. The van der Waals surface area contributed by atoms with E-state index in [1.165, 1.54) is 0 Å². The first-order valence-corrected chi connectivity index (χ1v) is 9.77. The van der Waals surface area contributed by atoms with Gasteiger partial charge in [-0.2, -0.15) is 0 Å². The number of aliphatic hydroxyl groups is 1. The Hall–Kier alpha value is -2.83. The maximum absolute atomic E-state index is 9.06. The van der Waals surface area contributed by atoms with Crippen LogP contribution in [0.4, 0.5) is 5.69 Å². The molecule has 0 atom stereocenters. The minimum Gasteiger partial charge on any atom is -0.403 e. The van der Waals surface area contributed by atoms with Crippen molar-refractivity contribution in [2.75, 3.05) is 31.6 Å². The Labute approximate surface area is 174 Å². The number of benzene rings is 1. The van der Waals surface area contributed by atoms with Crippen molar-refractivity contribution in [2.24, 2.45) is 10.7 Å².